The van der Waals surface area contributed by atoms with Gasteiger partial charge in [-0.15, -0.1) is 0 Å². The molecule has 0 aliphatic carbocycles. The van der Waals surface area contributed by atoms with Crippen LogP contribution >= 0.6 is 0 Å². The number of amides is 1. The molecule has 1 saturated heterocycles. The molecule has 0 aromatic heterocycles. The molecule has 3 heteroatoms. The number of rotatable bonds is 3. The zero-order chi connectivity index (χ0) is 12.1. The van der Waals surface area contributed by atoms with E-state index in [0.717, 1.165) is 18.5 Å². The summed E-state index contributed by atoms with van der Waals surface area (Å²) >= 11 is 0. The first-order valence-electron chi connectivity index (χ1n) is 6.35. The fourth-order valence-electron chi connectivity index (χ4n) is 2.31. The zero-order valence-corrected chi connectivity index (χ0v) is 10.3. The van der Waals surface area contributed by atoms with Gasteiger partial charge >= 0.3 is 0 Å². The van der Waals surface area contributed by atoms with E-state index in [1.807, 2.05) is 30.3 Å². The zero-order valence-electron chi connectivity index (χ0n) is 10.3. The van der Waals surface area contributed by atoms with Crippen LogP contribution in [-0.2, 0) is 0 Å². The van der Waals surface area contributed by atoms with Gasteiger partial charge in [-0.1, -0.05) is 24.6 Å². The van der Waals surface area contributed by atoms with Crippen molar-refractivity contribution in [2.24, 2.45) is 0 Å². The van der Waals surface area contributed by atoms with Gasteiger partial charge < -0.3 is 10.6 Å². The van der Waals surface area contributed by atoms with Crippen molar-refractivity contribution in [2.45, 2.75) is 38.3 Å². The van der Waals surface area contributed by atoms with Crippen LogP contribution in [0.4, 0.5) is 0 Å². The highest BCUT2D eigenvalue weighted by atomic mass is 16.1. The van der Waals surface area contributed by atoms with E-state index in [9.17, 15) is 4.79 Å². The van der Waals surface area contributed by atoms with Crippen LogP contribution in [0.15, 0.2) is 30.3 Å². The molecule has 1 aliphatic heterocycles. The van der Waals surface area contributed by atoms with Crippen LogP contribution < -0.4 is 10.6 Å². The van der Waals surface area contributed by atoms with Crippen molar-refractivity contribution < 1.29 is 4.79 Å². The molecule has 17 heavy (non-hydrogen) atoms. The number of piperidine rings is 1. The first kappa shape index (κ1) is 12.1. The van der Waals surface area contributed by atoms with Crippen molar-refractivity contribution in [3.63, 3.8) is 0 Å². The van der Waals surface area contributed by atoms with E-state index in [1.54, 1.807) is 0 Å². The van der Waals surface area contributed by atoms with Gasteiger partial charge in [0.1, 0.15) is 0 Å². The Morgan fingerprint density at radius 2 is 2.12 bits per heavy atom. The topological polar surface area (TPSA) is 41.1 Å². The van der Waals surface area contributed by atoms with E-state index < -0.39 is 0 Å². The van der Waals surface area contributed by atoms with Crippen LogP contribution in [0.5, 0.6) is 0 Å². The largest absolute Gasteiger partial charge is 0.350 e. The van der Waals surface area contributed by atoms with Crippen LogP contribution in [0, 0.1) is 0 Å². The summed E-state index contributed by atoms with van der Waals surface area (Å²) in [4.78, 5) is 11.8. The summed E-state index contributed by atoms with van der Waals surface area (Å²) in [5.74, 6) is 0.0191. The molecule has 1 aromatic rings. The maximum absolute atomic E-state index is 11.8. The molecule has 0 bridgehead atoms. The first-order valence-corrected chi connectivity index (χ1v) is 6.35. The molecule has 2 atom stereocenters. The Morgan fingerprint density at radius 1 is 1.35 bits per heavy atom. The van der Waals surface area contributed by atoms with Crippen LogP contribution in [0.25, 0.3) is 0 Å². The van der Waals surface area contributed by atoms with E-state index in [4.69, 9.17) is 0 Å². The Morgan fingerprint density at radius 3 is 2.82 bits per heavy atom. The lowest BCUT2D eigenvalue weighted by Gasteiger charge is -2.28. The highest BCUT2D eigenvalue weighted by molar-refractivity contribution is 5.94. The standard InChI is InChI=1S/C14H20N2O/c1-11-6-5-9-13(16-11)10-15-14(17)12-7-3-2-4-8-12/h2-4,7-8,11,13,16H,5-6,9-10H2,1H3,(H,15,17). The number of carbonyl (C=O) groups excluding carboxylic acids is 1. The van der Waals surface area contributed by atoms with Crippen molar-refractivity contribution >= 4 is 5.91 Å². The molecule has 1 fully saturated rings. The molecule has 0 spiro atoms. The lowest BCUT2D eigenvalue weighted by molar-refractivity contribution is 0.0946. The number of hydrogen-bond acceptors (Lipinski definition) is 2. The second-order valence-corrected chi connectivity index (χ2v) is 4.77. The van der Waals surface area contributed by atoms with Gasteiger partial charge in [-0.3, -0.25) is 4.79 Å². The van der Waals surface area contributed by atoms with Gasteiger partial charge in [-0.05, 0) is 31.9 Å². The first-order chi connectivity index (χ1) is 8.25. The Hall–Kier alpha value is -1.35. The van der Waals surface area contributed by atoms with Gasteiger partial charge in [0.15, 0.2) is 0 Å². The highest BCUT2D eigenvalue weighted by Crippen LogP contribution is 2.11. The third-order valence-corrected chi connectivity index (χ3v) is 3.25. The van der Waals surface area contributed by atoms with E-state index in [2.05, 4.69) is 17.6 Å². The Labute approximate surface area is 103 Å². The molecule has 1 aromatic carbocycles. The smallest absolute Gasteiger partial charge is 0.251 e. The second-order valence-electron chi connectivity index (χ2n) is 4.77. The molecular weight excluding hydrogens is 212 g/mol. The summed E-state index contributed by atoms with van der Waals surface area (Å²) < 4.78 is 0. The lowest BCUT2D eigenvalue weighted by atomic mass is 9.99. The summed E-state index contributed by atoms with van der Waals surface area (Å²) in [6, 6.07) is 10.4. The minimum atomic E-state index is 0.0191. The average Bonchev–Trinajstić information content (AvgIpc) is 2.37. The fourth-order valence-corrected chi connectivity index (χ4v) is 2.31. The Kier molecular flexibility index (Phi) is 4.15. The summed E-state index contributed by atoms with van der Waals surface area (Å²) in [6.45, 7) is 2.92. The van der Waals surface area contributed by atoms with Crippen molar-refractivity contribution in [1.29, 1.82) is 0 Å². The van der Waals surface area contributed by atoms with E-state index in [0.29, 0.717) is 12.1 Å². The van der Waals surface area contributed by atoms with E-state index in [1.165, 1.54) is 12.8 Å². The Balaban J connectivity index is 1.80. The van der Waals surface area contributed by atoms with Crippen molar-refractivity contribution in [3.8, 4) is 0 Å². The fraction of sp³-hybridized carbons (Fsp3) is 0.500. The van der Waals surface area contributed by atoms with Crippen molar-refractivity contribution in [2.75, 3.05) is 6.54 Å². The SMILES string of the molecule is CC1CCCC(CNC(=O)c2ccccc2)N1. The van der Waals surface area contributed by atoms with Crippen LogP contribution in [0.3, 0.4) is 0 Å². The maximum atomic E-state index is 11.8. The molecule has 2 N–H and O–H groups in total. The van der Waals surface area contributed by atoms with Gasteiger partial charge in [0.2, 0.25) is 0 Å². The van der Waals surface area contributed by atoms with E-state index >= 15 is 0 Å². The minimum absolute atomic E-state index is 0.0191. The van der Waals surface area contributed by atoms with Crippen LogP contribution in [0.2, 0.25) is 0 Å². The van der Waals surface area contributed by atoms with Crippen molar-refractivity contribution in [1.82, 2.24) is 10.6 Å². The molecular formula is C14H20N2O. The molecule has 2 rings (SSSR count). The quantitative estimate of drug-likeness (QED) is 0.836. The van der Waals surface area contributed by atoms with Gasteiger partial charge in [0, 0.05) is 24.2 Å². The highest BCUT2D eigenvalue weighted by Gasteiger charge is 2.18. The number of nitrogens with one attached hydrogen (secondary N) is 2. The normalized spacial score (nSPS) is 24.3. The summed E-state index contributed by atoms with van der Waals surface area (Å²) in [6.07, 6.45) is 3.64. The number of benzene rings is 1. The average molecular weight is 232 g/mol. The van der Waals surface area contributed by atoms with Gasteiger partial charge in [-0.25, -0.2) is 0 Å². The molecule has 92 valence electrons. The predicted molar refractivity (Wildman–Crippen MR) is 69.0 cm³/mol. The molecule has 1 heterocycles. The molecule has 0 saturated carbocycles. The lowest BCUT2D eigenvalue weighted by Crippen LogP contribution is -2.47. The molecule has 1 aliphatic rings. The second kappa shape index (κ2) is 5.82. The number of carbonyl (C=O) groups is 1. The van der Waals surface area contributed by atoms with Crippen molar-refractivity contribution in [3.05, 3.63) is 35.9 Å². The van der Waals surface area contributed by atoms with Crippen LogP contribution in [-0.4, -0.2) is 24.5 Å². The van der Waals surface area contributed by atoms with Gasteiger partial charge in [0.05, 0.1) is 0 Å². The van der Waals surface area contributed by atoms with Gasteiger partial charge in [0.25, 0.3) is 5.91 Å². The van der Waals surface area contributed by atoms with E-state index in [-0.39, 0.29) is 5.91 Å². The molecule has 1 amide bonds. The molecule has 3 nitrogen and oxygen atoms in total. The van der Waals surface area contributed by atoms with Gasteiger partial charge in [-0.2, -0.15) is 0 Å². The minimum Gasteiger partial charge on any atom is -0.350 e. The predicted octanol–water partition coefficient (Wildman–Crippen LogP) is 1.95. The third kappa shape index (κ3) is 3.56. The third-order valence-electron chi connectivity index (χ3n) is 3.25. The summed E-state index contributed by atoms with van der Waals surface area (Å²) in [5, 5.41) is 6.50. The Bertz CT molecular complexity index is 364. The summed E-state index contributed by atoms with van der Waals surface area (Å²) in [5.41, 5.74) is 0.733. The summed E-state index contributed by atoms with van der Waals surface area (Å²) in [7, 11) is 0. The monoisotopic (exact) mass is 232 g/mol. The molecule has 0 radical (unpaired) electrons. The number of hydrogen-bond donors (Lipinski definition) is 2. The van der Waals surface area contributed by atoms with Crippen LogP contribution in [0.1, 0.15) is 36.5 Å². The maximum Gasteiger partial charge on any atom is 0.251 e. The molecule has 2 unspecified atom stereocenters.